The topological polar surface area (TPSA) is 82.7 Å². The predicted molar refractivity (Wildman–Crippen MR) is 157 cm³/mol. The summed E-state index contributed by atoms with van der Waals surface area (Å²) in [6.45, 7) is 9.68. The van der Waals surface area contributed by atoms with E-state index in [4.69, 9.17) is 0 Å². The van der Waals surface area contributed by atoms with E-state index in [1.165, 1.54) is 0 Å². The molecule has 3 aromatic carbocycles. The quantitative estimate of drug-likeness (QED) is 0.152. The van der Waals surface area contributed by atoms with Gasteiger partial charge in [0.2, 0.25) is 0 Å². The summed E-state index contributed by atoms with van der Waals surface area (Å²) in [6.07, 6.45) is 1.81. The van der Waals surface area contributed by atoms with Crippen LogP contribution >= 0.6 is 0 Å². The molecule has 197 valence electrons. The third-order valence-corrected chi connectivity index (χ3v) is 6.80. The van der Waals surface area contributed by atoms with Gasteiger partial charge in [0.15, 0.2) is 0 Å². The maximum absolute atomic E-state index is 13.5. The minimum atomic E-state index is -0.800. The van der Waals surface area contributed by atoms with Crippen LogP contribution in [0.4, 0.5) is 11.5 Å². The number of aryl methyl sites for hydroxylation is 1. The van der Waals surface area contributed by atoms with Gasteiger partial charge >= 0.3 is 0 Å². The summed E-state index contributed by atoms with van der Waals surface area (Å²) >= 11 is 0. The molecule has 1 heterocycles. The molecule has 0 fully saturated rings. The summed E-state index contributed by atoms with van der Waals surface area (Å²) in [5, 5.41) is 21.1. The van der Waals surface area contributed by atoms with Crippen molar-refractivity contribution in [3.63, 3.8) is 0 Å². The number of nitrogens with zero attached hydrogens (tertiary/aromatic N) is 3. The molecule has 0 atom stereocenters. The lowest BCUT2D eigenvalue weighted by Gasteiger charge is -2.38. The lowest BCUT2D eigenvalue weighted by Crippen LogP contribution is -2.39. The Kier molecular flexibility index (Phi) is 8.01. The summed E-state index contributed by atoms with van der Waals surface area (Å²) in [4.78, 5) is 13.5. The second kappa shape index (κ2) is 11.4. The zero-order valence-electron chi connectivity index (χ0n) is 22.9. The highest BCUT2D eigenvalue weighted by Gasteiger charge is 2.38. The average molecular weight is 517 g/mol. The Morgan fingerprint density at radius 3 is 1.74 bits per heavy atom. The third kappa shape index (κ3) is 5.49. The van der Waals surface area contributed by atoms with Gasteiger partial charge in [0.1, 0.15) is 17.0 Å². The van der Waals surface area contributed by atoms with Crippen molar-refractivity contribution in [2.45, 2.75) is 32.7 Å². The second-order valence-corrected chi connectivity index (χ2v) is 10.4. The van der Waals surface area contributed by atoms with Gasteiger partial charge in [-0.3, -0.25) is 9.48 Å². The smallest absolute Gasteiger partial charge is 0.252 e. The van der Waals surface area contributed by atoms with E-state index in [0.29, 0.717) is 22.7 Å². The van der Waals surface area contributed by atoms with E-state index in [1.54, 1.807) is 10.9 Å². The molecule has 0 saturated heterocycles. The van der Waals surface area contributed by atoms with E-state index in [0.717, 1.165) is 16.7 Å². The first-order valence-electron chi connectivity index (χ1n) is 12.9. The lowest BCUT2D eigenvalue weighted by molar-refractivity contribution is -0.113. The highest BCUT2D eigenvalue weighted by molar-refractivity contribution is 6.06. The number of carbonyl (C=O) groups is 1. The summed E-state index contributed by atoms with van der Waals surface area (Å²) < 4.78 is 1.71. The normalized spacial score (nSPS) is 12.3. The molecule has 4 aromatic rings. The van der Waals surface area contributed by atoms with Crippen LogP contribution in [0, 0.1) is 23.7 Å². The summed E-state index contributed by atoms with van der Waals surface area (Å²) in [7, 11) is 1.83. The van der Waals surface area contributed by atoms with E-state index in [-0.39, 0.29) is 12.3 Å². The molecule has 4 rings (SSSR count). The Bertz CT molecular complexity index is 1390. The fraction of sp³-hybridized carbons (Fsp3) is 0.212. The molecule has 0 aliphatic heterocycles. The lowest BCUT2D eigenvalue weighted by atomic mass is 9.77. The standard InChI is InChI=1S/C33H34N5O/c1-6-27(28(22-34)32(2,3)4)31(39)36-29-23-35-38(5)30(29)37-33(24-16-10-7-11-17-24,25-18-12-8-13-19-25)26-20-14-9-15-21-26/h7-21,23,37H,1,6H2,2-5H3,(H,36,39)/b28-27+. The molecule has 0 unspecified atom stereocenters. The van der Waals surface area contributed by atoms with Crippen LogP contribution in [-0.4, -0.2) is 15.7 Å². The van der Waals surface area contributed by atoms with Crippen molar-refractivity contribution in [3.05, 3.63) is 132 Å². The number of allylic oxidation sites excluding steroid dienone is 1. The number of benzene rings is 3. The van der Waals surface area contributed by atoms with Gasteiger partial charge < -0.3 is 10.6 Å². The van der Waals surface area contributed by atoms with Crippen LogP contribution < -0.4 is 10.6 Å². The van der Waals surface area contributed by atoms with Crippen molar-refractivity contribution in [1.82, 2.24) is 9.78 Å². The van der Waals surface area contributed by atoms with E-state index < -0.39 is 11.0 Å². The van der Waals surface area contributed by atoms with Crippen molar-refractivity contribution in [1.29, 1.82) is 5.26 Å². The molecule has 1 amide bonds. The van der Waals surface area contributed by atoms with E-state index >= 15 is 0 Å². The van der Waals surface area contributed by atoms with E-state index in [9.17, 15) is 10.1 Å². The van der Waals surface area contributed by atoms with Gasteiger partial charge in [0, 0.05) is 18.2 Å². The maximum atomic E-state index is 13.5. The minimum Gasteiger partial charge on any atom is -0.351 e. The third-order valence-electron chi connectivity index (χ3n) is 6.80. The van der Waals surface area contributed by atoms with Crippen LogP contribution in [0.1, 0.15) is 43.9 Å². The molecule has 2 N–H and O–H groups in total. The number of anilines is 2. The molecule has 0 saturated carbocycles. The van der Waals surface area contributed by atoms with Crippen molar-refractivity contribution in [2.24, 2.45) is 12.5 Å². The van der Waals surface area contributed by atoms with Crippen molar-refractivity contribution >= 4 is 17.4 Å². The predicted octanol–water partition coefficient (Wildman–Crippen LogP) is 6.85. The van der Waals surface area contributed by atoms with Gasteiger partial charge in [-0.2, -0.15) is 10.4 Å². The second-order valence-electron chi connectivity index (χ2n) is 10.4. The van der Waals surface area contributed by atoms with Gasteiger partial charge in [0.25, 0.3) is 5.91 Å². The molecule has 0 spiro atoms. The molecule has 1 radical (unpaired) electrons. The van der Waals surface area contributed by atoms with Gasteiger partial charge in [-0.25, -0.2) is 0 Å². The number of hydrogen-bond donors (Lipinski definition) is 2. The number of carbonyl (C=O) groups excluding carboxylic acids is 1. The largest absolute Gasteiger partial charge is 0.351 e. The van der Waals surface area contributed by atoms with Crippen LogP contribution in [0.5, 0.6) is 0 Å². The van der Waals surface area contributed by atoms with Crippen molar-refractivity contribution in [2.75, 3.05) is 10.6 Å². The SMILES string of the molecule is [CH2]C/C(C(=O)Nc1cnn(C)c1NC(c1ccccc1)(c1ccccc1)c1ccccc1)=C(/C#N)C(C)(C)C. The Balaban J connectivity index is 1.88. The van der Waals surface area contributed by atoms with Gasteiger partial charge in [-0.1, -0.05) is 112 Å². The fourth-order valence-corrected chi connectivity index (χ4v) is 4.87. The van der Waals surface area contributed by atoms with Crippen LogP contribution in [0.3, 0.4) is 0 Å². The van der Waals surface area contributed by atoms with Crippen molar-refractivity contribution < 1.29 is 4.79 Å². The number of aromatic nitrogens is 2. The van der Waals surface area contributed by atoms with Gasteiger partial charge in [0.05, 0.1) is 12.3 Å². The zero-order valence-corrected chi connectivity index (χ0v) is 22.9. The maximum Gasteiger partial charge on any atom is 0.252 e. The van der Waals surface area contributed by atoms with E-state index in [2.05, 4.69) is 65.1 Å². The zero-order chi connectivity index (χ0) is 28.0. The first-order valence-corrected chi connectivity index (χ1v) is 12.9. The number of nitrogens with one attached hydrogen (secondary N) is 2. The molecule has 6 nitrogen and oxygen atoms in total. The Labute approximate surface area is 231 Å². The first-order chi connectivity index (χ1) is 18.7. The molecule has 0 aliphatic rings. The monoisotopic (exact) mass is 516 g/mol. The van der Waals surface area contributed by atoms with Crippen molar-refractivity contribution in [3.8, 4) is 6.07 Å². The Morgan fingerprint density at radius 1 is 0.897 bits per heavy atom. The molecule has 1 aromatic heterocycles. The highest BCUT2D eigenvalue weighted by Crippen LogP contribution is 2.41. The summed E-state index contributed by atoms with van der Waals surface area (Å²) in [5.41, 5.74) is 3.08. The summed E-state index contributed by atoms with van der Waals surface area (Å²) in [6, 6.07) is 32.9. The van der Waals surface area contributed by atoms with Crippen LogP contribution in [0.25, 0.3) is 0 Å². The number of rotatable bonds is 8. The molecule has 39 heavy (non-hydrogen) atoms. The molecule has 0 aliphatic carbocycles. The first kappa shape index (κ1) is 27.4. The fourth-order valence-electron chi connectivity index (χ4n) is 4.87. The summed E-state index contributed by atoms with van der Waals surface area (Å²) in [5.74, 6) is 0.259. The highest BCUT2D eigenvalue weighted by atomic mass is 16.1. The van der Waals surface area contributed by atoms with Crippen LogP contribution in [0.2, 0.25) is 0 Å². The minimum absolute atomic E-state index is 0.191. The Morgan fingerprint density at radius 2 is 1.36 bits per heavy atom. The average Bonchev–Trinajstić information content (AvgIpc) is 3.28. The van der Waals surface area contributed by atoms with Gasteiger partial charge in [-0.05, 0) is 35.4 Å². The number of amides is 1. The Hall–Kier alpha value is -4.63. The molecular formula is C33H34N5O. The number of hydrogen-bond acceptors (Lipinski definition) is 4. The van der Waals surface area contributed by atoms with Crippen LogP contribution in [-0.2, 0) is 17.4 Å². The van der Waals surface area contributed by atoms with Crippen LogP contribution in [0.15, 0.2) is 108 Å². The molecule has 6 heteroatoms. The van der Waals surface area contributed by atoms with Gasteiger partial charge in [-0.15, -0.1) is 0 Å². The van der Waals surface area contributed by atoms with E-state index in [1.807, 2.05) is 82.4 Å². The number of nitriles is 1. The molecular weight excluding hydrogens is 482 g/mol. The molecule has 0 bridgehead atoms.